The highest BCUT2D eigenvalue weighted by molar-refractivity contribution is 9.10. The van der Waals surface area contributed by atoms with E-state index in [9.17, 15) is 9.59 Å². The molecule has 0 bridgehead atoms. The van der Waals surface area contributed by atoms with Crippen LogP contribution in [0.25, 0.3) is 0 Å². The maximum absolute atomic E-state index is 13.0. The summed E-state index contributed by atoms with van der Waals surface area (Å²) in [4.78, 5) is 25.7. The highest BCUT2D eigenvalue weighted by Crippen LogP contribution is 2.27. The van der Waals surface area contributed by atoms with Gasteiger partial charge in [-0.3, -0.25) is 9.59 Å². The fourth-order valence-corrected chi connectivity index (χ4v) is 3.26. The van der Waals surface area contributed by atoms with Crippen LogP contribution in [0.15, 0.2) is 65.1 Å². The number of hydrogen-bond donors (Lipinski definition) is 1. The molecule has 0 saturated heterocycles. The summed E-state index contributed by atoms with van der Waals surface area (Å²) >= 11 is 9.56. The van der Waals surface area contributed by atoms with Gasteiger partial charge in [0.1, 0.15) is 0 Å². The quantitative estimate of drug-likeness (QED) is 0.489. The van der Waals surface area contributed by atoms with Crippen LogP contribution in [0.5, 0.6) is 0 Å². The van der Waals surface area contributed by atoms with Gasteiger partial charge >= 0.3 is 0 Å². The molecule has 27 heavy (non-hydrogen) atoms. The lowest BCUT2D eigenvalue weighted by Gasteiger charge is -2.12. The molecule has 0 atom stereocenters. The number of aryl methyl sites for hydroxylation is 2. The first kappa shape index (κ1) is 19.3. The van der Waals surface area contributed by atoms with Crippen LogP contribution < -0.4 is 5.32 Å². The Labute approximate surface area is 171 Å². The number of ketones is 1. The third-order valence-electron chi connectivity index (χ3n) is 4.36. The summed E-state index contributed by atoms with van der Waals surface area (Å²) in [7, 11) is 0. The molecule has 0 radical (unpaired) electrons. The van der Waals surface area contributed by atoms with Crippen molar-refractivity contribution < 1.29 is 9.59 Å². The molecule has 0 fully saturated rings. The van der Waals surface area contributed by atoms with Crippen LogP contribution >= 0.6 is 27.5 Å². The topological polar surface area (TPSA) is 46.2 Å². The van der Waals surface area contributed by atoms with Gasteiger partial charge in [-0.1, -0.05) is 45.7 Å². The smallest absolute Gasteiger partial charge is 0.255 e. The minimum atomic E-state index is -0.270. The van der Waals surface area contributed by atoms with Crippen LogP contribution in [0.3, 0.4) is 0 Å². The first-order valence-electron chi connectivity index (χ1n) is 8.34. The Kier molecular flexibility index (Phi) is 5.78. The van der Waals surface area contributed by atoms with Gasteiger partial charge in [0.25, 0.3) is 5.91 Å². The normalized spacial score (nSPS) is 10.5. The van der Waals surface area contributed by atoms with E-state index in [4.69, 9.17) is 11.6 Å². The van der Waals surface area contributed by atoms with Crippen molar-refractivity contribution in [3.8, 4) is 0 Å². The maximum atomic E-state index is 13.0. The van der Waals surface area contributed by atoms with Gasteiger partial charge < -0.3 is 5.32 Å². The lowest BCUT2D eigenvalue weighted by Crippen LogP contribution is -2.15. The third kappa shape index (κ3) is 4.29. The monoisotopic (exact) mass is 441 g/mol. The summed E-state index contributed by atoms with van der Waals surface area (Å²) in [5.41, 5.74) is 3.88. The molecule has 5 heteroatoms. The molecular weight excluding hydrogens is 426 g/mol. The molecule has 0 spiro atoms. The average Bonchev–Trinajstić information content (AvgIpc) is 2.65. The Bertz CT molecular complexity index is 1050. The van der Waals surface area contributed by atoms with E-state index >= 15 is 0 Å². The van der Waals surface area contributed by atoms with Crippen molar-refractivity contribution in [3.63, 3.8) is 0 Å². The van der Waals surface area contributed by atoms with E-state index < -0.39 is 0 Å². The van der Waals surface area contributed by atoms with Crippen LogP contribution in [-0.2, 0) is 0 Å². The predicted octanol–water partition coefficient (Wildman–Crippen LogP) is 6.20. The zero-order valence-electron chi connectivity index (χ0n) is 14.8. The molecule has 0 aliphatic carbocycles. The standard InChI is InChI=1S/C22H17BrClNO2/c1-13-7-8-15(11-14(13)2)22(27)25-20-10-9-16(23)12-18(20)21(26)17-5-3-4-6-19(17)24/h3-12H,1-2H3,(H,25,27). The van der Waals surface area contributed by atoms with Crippen molar-refractivity contribution >= 4 is 44.9 Å². The molecule has 0 saturated carbocycles. The molecule has 1 N–H and O–H groups in total. The van der Waals surface area contributed by atoms with E-state index in [1.165, 1.54) is 0 Å². The molecule has 0 unspecified atom stereocenters. The second kappa shape index (κ2) is 8.07. The predicted molar refractivity (Wildman–Crippen MR) is 113 cm³/mol. The summed E-state index contributed by atoms with van der Waals surface area (Å²) in [6.07, 6.45) is 0. The number of carbonyl (C=O) groups is 2. The van der Waals surface area contributed by atoms with Gasteiger partial charge in [-0.25, -0.2) is 0 Å². The number of anilines is 1. The second-order valence-electron chi connectivity index (χ2n) is 6.25. The molecular formula is C22H17BrClNO2. The summed E-state index contributed by atoms with van der Waals surface area (Å²) in [5.74, 6) is -0.522. The van der Waals surface area contributed by atoms with E-state index in [1.807, 2.05) is 26.0 Å². The van der Waals surface area contributed by atoms with Crippen LogP contribution in [0, 0.1) is 13.8 Å². The number of amides is 1. The summed E-state index contributed by atoms with van der Waals surface area (Å²) in [5, 5.41) is 3.22. The Morgan fingerprint density at radius 3 is 2.33 bits per heavy atom. The van der Waals surface area contributed by atoms with Crippen molar-refractivity contribution in [1.29, 1.82) is 0 Å². The lowest BCUT2D eigenvalue weighted by atomic mass is 10.0. The van der Waals surface area contributed by atoms with Gasteiger partial charge in [-0.2, -0.15) is 0 Å². The number of hydrogen-bond acceptors (Lipinski definition) is 2. The van der Waals surface area contributed by atoms with E-state index in [2.05, 4.69) is 21.2 Å². The highest BCUT2D eigenvalue weighted by atomic mass is 79.9. The third-order valence-corrected chi connectivity index (χ3v) is 5.18. The van der Waals surface area contributed by atoms with Crippen molar-refractivity contribution in [2.45, 2.75) is 13.8 Å². The molecule has 0 aliphatic rings. The summed E-state index contributed by atoms with van der Waals surface area (Å²) in [6.45, 7) is 3.95. The van der Waals surface area contributed by atoms with Crippen molar-refractivity contribution in [2.75, 3.05) is 5.32 Å². The van der Waals surface area contributed by atoms with Crippen LogP contribution in [0.1, 0.15) is 37.4 Å². The molecule has 1 amide bonds. The number of halogens is 2. The summed E-state index contributed by atoms with van der Waals surface area (Å²) in [6, 6.07) is 17.5. The highest BCUT2D eigenvalue weighted by Gasteiger charge is 2.18. The van der Waals surface area contributed by atoms with E-state index in [-0.39, 0.29) is 11.7 Å². The molecule has 3 aromatic rings. The van der Waals surface area contributed by atoms with E-state index in [1.54, 1.807) is 48.5 Å². The Balaban J connectivity index is 1.97. The molecule has 0 aromatic heterocycles. The van der Waals surface area contributed by atoms with Crippen molar-refractivity contribution in [2.24, 2.45) is 0 Å². The van der Waals surface area contributed by atoms with Gasteiger partial charge in [0.05, 0.1) is 10.7 Å². The van der Waals surface area contributed by atoms with Gasteiger partial charge in [0, 0.05) is 21.2 Å². The Morgan fingerprint density at radius 2 is 1.63 bits per heavy atom. The minimum Gasteiger partial charge on any atom is -0.321 e. The first-order valence-corrected chi connectivity index (χ1v) is 9.51. The Hall–Kier alpha value is -2.43. The molecule has 3 rings (SSSR count). The summed E-state index contributed by atoms with van der Waals surface area (Å²) < 4.78 is 0.738. The largest absolute Gasteiger partial charge is 0.321 e. The SMILES string of the molecule is Cc1ccc(C(=O)Nc2ccc(Br)cc2C(=O)c2ccccc2Cl)cc1C. The lowest BCUT2D eigenvalue weighted by molar-refractivity contribution is 0.102. The molecule has 3 nitrogen and oxygen atoms in total. The van der Waals surface area contributed by atoms with Crippen molar-refractivity contribution in [1.82, 2.24) is 0 Å². The van der Waals surface area contributed by atoms with Crippen molar-refractivity contribution in [3.05, 3.63) is 98.0 Å². The average molecular weight is 443 g/mol. The number of nitrogens with one attached hydrogen (secondary N) is 1. The van der Waals surface area contributed by atoms with Gasteiger partial charge in [0.2, 0.25) is 0 Å². The number of benzene rings is 3. The molecule has 0 heterocycles. The van der Waals surface area contributed by atoms with Gasteiger partial charge in [-0.05, 0) is 67.4 Å². The van der Waals surface area contributed by atoms with Gasteiger partial charge in [-0.15, -0.1) is 0 Å². The van der Waals surface area contributed by atoms with Crippen LogP contribution in [-0.4, -0.2) is 11.7 Å². The fourth-order valence-electron chi connectivity index (χ4n) is 2.68. The van der Waals surface area contributed by atoms with Gasteiger partial charge in [0.15, 0.2) is 5.78 Å². The van der Waals surface area contributed by atoms with E-state index in [0.29, 0.717) is 27.4 Å². The zero-order chi connectivity index (χ0) is 19.6. The minimum absolute atomic E-state index is 0.253. The second-order valence-corrected chi connectivity index (χ2v) is 7.57. The fraction of sp³-hybridized carbons (Fsp3) is 0.0909. The van der Waals surface area contributed by atoms with Crippen LogP contribution in [0.4, 0.5) is 5.69 Å². The molecule has 3 aromatic carbocycles. The van der Waals surface area contributed by atoms with Crippen LogP contribution in [0.2, 0.25) is 5.02 Å². The Morgan fingerprint density at radius 1 is 0.889 bits per heavy atom. The number of carbonyl (C=O) groups excluding carboxylic acids is 2. The number of rotatable bonds is 4. The van der Waals surface area contributed by atoms with E-state index in [0.717, 1.165) is 15.6 Å². The first-order chi connectivity index (χ1) is 12.9. The maximum Gasteiger partial charge on any atom is 0.255 e. The zero-order valence-corrected chi connectivity index (χ0v) is 17.2. The molecule has 0 aliphatic heterocycles. The molecule has 136 valence electrons.